The van der Waals surface area contributed by atoms with Gasteiger partial charge in [-0.3, -0.25) is 4.79 Å². The van der Waals surface area contributed by atoms with Crippen LogP contribution in [0.25, 0.3) is 0 Å². The van der Waals surface area contributed by atoms with Gasteiger partial charge in [-0.25, -0.2) is 0 Å². The lowest BCUT2D eigenvalue weighted by Gasteiger charge is -2.25. The molecular weight excluding hydrogens is 334 g/mol. The zero-order valence-electron chi connectivity index (χ0n) is 12.3. The summed E-state index contributed by atoms with van der Waals surface area (Å²) in [5.41, 5.74) is 0.680. The van der Waals surface area contributed by atoms with Crippen LogP contribution in [0.2, 0.25) is 0 Å². The van der Waals surface area contributed by atoms with Crippen molar-refractivity contribution in [1.29, 1.82) is 0 Å². The van der Waals surface area contributed by atoms with Gasteiger partial charge < -0.3 is 14.7 Å². The predicted molar refractivity (Wildman–Crippen MR) is 85.2 cm³/mol. The molecule has 0 aliphatic carbocycles. The Morgan fingerprint density at radius 3 is 2.62 bits per heavy atom. The minimum absolute atomic E-state index is 0.0246. The summed E-state index contributed by atoms with van der Waals surface area (Å²) in [5, 5.41) is 9.38. The zero-order valence-corrected chi connectivity index (χ0v) is 13.9. The van der Waals surface area contributed by atoms with Gasteiger partial charge in [-0.15, -0.1) is 0 Å². The lowest BCUT2D eigenvalue weighted by molar-refractivity contribution is -0.137. The molecule has 1 fully saturated rings. The summed E-state index contributed by atoms with van der Waals surface area (Å²) in [6.45, 7) is 3.29. The highest BCUT2D eigenvalue weighted by molar-refractivity contribution is 9.10. The Hall–Kier alpha value is -1.07. The highest BCUT2D eigenvalue weighted by Gasteiger charge is 2.24. The van der Waals surface area contributed by atoms with Gasteiger partial charge in [0.1, 0.15) is 5.75 Å². The van der Waals surface area contributed by atoms with Crippen LogP contribution in [0.4, 0.5) is 0 Å². The van der Waals surface area contributed by atoms with E-state index >= 15 is 0 Å². The Morgan fingerprint density at radius 1 is 1.33 bits per heavy atom. The van der Waals surface area contributed by atoms with Crippen molar-refractivity contribution >= 4 is 21.8 Å². The molecule has 0 saturated carbocycles. The fraction of sp³-hybridized carbons (Fsp3) is 0.562. The fourth-order valence-corrected chi connectivity index (χ4v) is 3.09. The lowest BCUT2D eigenvalue weighted by Crippen LogP contribution is -2.41. The van der Waals surface area contributed by atoms with E-state index < -0.39 is 6.10 Å². The van der Waals surface area contributed by atoms with Gasteiger partial charge in [-0.1, -0.05) is 25.0 Å². The smallest absolute Gasteiger partial charge is 0.263 e. The van der Waals surface area contributed by atoms with Gasteiger partial charge in [0.2, 0.25) is 0 Å². The number of halogens is 1. The Bertz CT molecular complexity index is 484. The number of nitrogens with zero attached hydrogens (tertiary/aromatic N) is 1. The molecule has 1 heterocycles. The molecule has 1 aliphatic rings. The van der Waals surface area contributed by atoms with Crippen LogP contribution in [0.1, 0.15) is 38.2 Å². The van der Waals surface area contributed by atoms with E-state index in [1.165, 1.54) is 12.8 Å². The number of hydrogen-bond donors (Lipinski definition) is 1. The second-order valence-corrected chi connectivity index (χ2v) is 6.24. The van der Waals surface area contributed by atoms with Gasteiger partial charge in [-0.2, -0.15) is 0 Å². The molecule has 0 spiro atoms. The maximum Gasteiger partial charge on any atom is 0.263 e. The van der Waals surface area contributed by atoms with Crippen LogP contribution in [0.5, 0.6) is 5.75 Å². The first kappa shape index (κ1) is 16.3. The van der Waals surface area contributed by atoms with E-state index in [0.29, 0.717) is 11.3 Å². The Balaban J connectivity index is 2.06. The first-order valence-corrected chi connectivity index (χ1v) is 8.26. The summed E-state index contributed by atoms with van der Waals surface area (Å²) in [5.74, 6) is 0.576. The second-order valence-electron chi connectivity index (χ2n) is 5.39. The number of aliphatic hydroxyl groups is 1. The molecule has 0 aromatic heterocycles. The van der Waals surface area contributed by atoms with E-state index in [0.717, 1.165) is 30.4 Å². The van der Waals surface area contributed by atoms with Crippen molar-refractivity contribution in [1.82, 2.24) is 4.90 Å². The molecule has 1 saturated heterocycles. The zero-order chi connectivity index (χ0) is 15.2. The molecule has 1 atom stereocenters. The topological polar surface area (TPSA) is 49.8 Å². The molecule has 5 heteroatoms. The molecule has 4 nitrogen and oxygen atoms in total. The third-order valence-electron chi connectivity index (χ3n) is 3.78. The molecular formula is C16H22BrNO3. The van der Waals surface area contributed by atoms with Crippen LogP contribution in [0.3, 0.4) is 0 Å². The first-order valence-electron chi connectivity index (χ1n) is 7.47. The molecule has 1 amide bonds. The van der Waals surface area contributed by atoms with Crippen molar-refractivity contribution in [2.75, 3.05) is 13.1 Å². The molecule has 0 radical (unpaired) electrons. The van der Waals surface area contributed by atoms with Crippen LogP contribution in [-0.4, -0.2) is 35.1 Å². The van der Waals surface area contributed by atoms with Gasteiger partial charge in [-0.05, 0) is 41.8 Å². The maximum atomic E-state index is 12.5. The Morgan fingerprint density at radius 2 is 2.00 bits per heavy atom. The molecule has 1 N–H and O–H groups in total. The summed E-state index contributed by atoms with van der Waals surface area (Å²) in [6, 6.07) is 5.48. The van der Waals surface area contributed by atoms with E-state index in [9.17, 15) is 9.90 Å². The van der Waals surface area contributed by atoms with Crippen molar-refractivity contribution in [2.24, 2.45) is 0 Å². The van der Waals surface area contributed by atoms with E-state index in [4.69, 9.17) is 4.74 Å². The number of ether oxygens (including phenoxy) is 1. The second kappa shape index (κ2) is 7.80. The highest BCUT2D eigenvalue weighted by atomic mass is 79.9. The molecule has 1 aliphatic heterocycles. The van der Waals surface area contributed by atoms with Gasteiger partial charge in [0.15, 0.2) is 6.10 Å². The first-order chi connectivity index (χ1) is 10.1. The van der Waals surface area contributed by atoms with Gasteiger partial charge in [0.25, 0.3) is 5.91 Å². The summed E-state index contributed by atoms with van der Waals surface area (Å²) in [6.07, 6.45) is 3.97. The van der Waals surface area contributed by atoms with E-state index in [1.54, 1.807) is 13.0 Å². The standard InChI is InChI=1S/C16H22BrNO3/c1-12(16(20)18-9-4-2-3-5-10-18)21-15-13(11-19)7-6-8-14(15)17/h6-8,12,19H,2-5,9-11H2,1H3. The summed E-state index contributed by atoms with van der Waals surface area (Å²) in [7, 11) is 0. The summed E-state index contributed by atoms with van der Waals surface area (Å²) >= 11 is 3.41. The largest absolute Gasteiger partial charge is 0.479 e. The van der Waals surface area contributed by atoms with Gasteiger partial charge >= 0.3 is 0 Å². The van der Waals surface area contributed by atoms with E-state index in [-0.39, 0.29) is 12.5 Å². The molecule has 0 bridgehead atoms. The maximum absolute atomic E-state index is 12.5. The number of amides is 1. The number of aliphatic hydroxyl groups excluding tert-OH is 1. The minimum atomic E-state index is -0.549. The van der Waals surface area contributed by atoms with Crippen molar-refractivity contribution in [2.45, 2.75) is 45.3 Å². The third kappa shape index (κ3) is 4.20. The summed E-state index contributed by atoms with van der Waals surface area (Å²) < 4.78 is 6.58. The van der Waals surface area contributed by atoms with Crippen LogP contribution in [0, 0.1) is 0 Å². The summed E-state index contributed by atoms with van der Waals surface area (Å²) in [4.78, 5) is 14.4. The number of carbonyl (C=O) groups is 1. The monoisotopic (exact) mass is 355 g/mol. The number of benzene rings is 1. The van der Waals surface area contributed by atoms with Crippen LogP contribution >= 0.6 is 15.9 Å². The molecule has 2 rings (SSSR count). The van der Waals surface area contributed by atoms with Crippen molar-refractivity contribution < 1.29 is 14.6 Å². The SMILES string of the molecule is CC(Oc1c(Br)cccc1CO)C(=O)N1CCCCCC1. The van der Waals surface area contributed by atoms with Crippen molar-refractivity contribution in [3.8, 4) is 5.75 Å². The Labute approximate surface area is 134 Å². The van der Waals surface area contributed by atoms with Crippen molar-refractivity contribution in [3.05, 3.63) is 28.2 Å². The normalized spacial score (nSPS) is 17.2. The third-order valence-corrected chi connectivity index (χ3v) is 4.40. The molecule has 21 heavy (non-hydrogen) atoms. The van der Waals surface area contributed by atoms with Gasteiger partial charge in [0.05, 0.1) is 11.1 Å². The fourth-order valence-electron chi connectivity index (χ4n) is 2.59. The van der Waals surface area contributed by atoms with E-state index in [2.05, 4.69) is 15.9 Å². The quantitative estimate of drug-likeness (QED) is 0.902. The molecule has 1 aromatic carbocycles. The molecule has 1 aromatic rings. The Kier molecular flexibility index (Phi) is 6.06. The number of likely N-dealkylation sites (tertiary alicyclic amines) is 1. The molecule has 116 valence electrons. The van der Waals surface area contributed by atoms with E-state index in [1.807, 2.05) is 17.0 Å². The average molecular weight is 356 g/mol. The number of carbonyl (C=O) groups excluding carboxylic acids is 1. The molecule has 1 unspecified atom stereocenters. The predicted octanol–water partition coefficient (Wildman–Crippen LogP) is 3.11. The number of rotatable bonds is 4. The average Bonchev–Trinajstić information content (AvgIpc) is 2.77. The number of hydrogen-bond acceptors (Lipinski definition) is 3. The van der Waals surface area contributed by atoms with Crippen molar-refractivity contribution in [3.63, 3.8) is 0 Å². The highest BCUT2D eigenvalue weighted by Crippen LogP contribution is 2.30. The van der Waals surface area contributed by atoms with Crippen LogP contribution < -0.4 is 4.74 Å². The van der Waals surface area contributed by atoms with Gasteiger partial charge in [0, 0.05) is 18.7 Å². The van der Waals surface area contributed by atoms with Crippen LogP contribution in [-0.2, 0) is 11.4 Å². The van der Waals surface area contributed by atoms with Crippen LogP contribution in [0.15, 0.2) is 22.7 Å². The number of para-hydroxylation sites is 1. The lowest BCUT2D eigenvalue weighted by atomic mass is 10.2. The minimum Gasteiger partial charge on any atom is -0.479 e.